The minimum Gasteiger partial charge on any atom is -0.379 e. The number of alkyl halides is 1. The molecule has 0 atom stereocenters. The number of hydrogen-bond donors (Lipinski definition) is 1. The van der Waals surface area contributed by atoms with Gasteiger partial charge in [0.25, 0.3) is 0 Å². The van der Waals surface area contributed by atoms with E-state index in [1.807, 2.05) is 0 Å². The maximum absolute atomic E-state index is 11.0. The standard InChI is InChI=1S/C26H51BrN4O12/c27-25-26(32)29-1-3-33-5-7-35-9-11-37-13-15-39-17-19-41-21-23-43-24-22-42-20-18-40-16-14-38-12-10-36-8-6-34-4-2-30-31-28/h1-25H2,(H,29,32). The Hall–Kier alpha value is -1.18. The number of azide groups is 1. The van der Waals surface area contributed by atoms with Crippen LogP contribution in [0.4, 0.5) is 0 Å². The molecule has 0 saturated heterocycles. The van der Waals surface area contributed by atoms with Gasteiger partial charge in [0.15, 0.2) is 0 Å². The first-order valence-electron chi connectivity index (χ1n) is 14.5. The highest BCUT2D eigenvalue weighted by Crippen LogP contribution is 1.87. The molecule has 0 rings (SSSR count). The predicted octanol–water partition coefficient (Wildman–Crippen LogP) is 0.990. The van der Waals surface area contributed by atoms with Crippen LogP contribution in [-0.2, 0) is 56.9 Å². The maximum Gasteiger partial charge on any atom is 0.230 e. The third-order valence-corrected chi connectivity index (χ3v) is 5.32. The van der Waals surface area contributed by atoms with Crippen LogP contribution in [0.3, 0.4) is 0 Å². The van der Waals surface area contributed by atoms with Gasteiger partial charge < -0.3 is 57.4 Å². The van der Waals surface area contributed by atoms with E-state index < -0.39 is 0 Å². The highest BCUT2D eigenvalue weighted by atomic mass is 79.9. The smallest absolute Gasteiger partial charge is 0.230 e. The molecular formula is C26H51BrN4O12. The first-order chi connectivity index (χ1) is 21.3. The van der Waals surface area contributed by atoms with Crippen LogP contribution in [0.2, 0.25) is 0 Å². The Bertz CT molecular complexity index is 625. The van der Waals surface area contributed by atoms with Gasteiger partial charge in [0.2, 0.25) is 5.91 Å². The maximum atomic E-state index is 11.0. The van der Waals surface area contributed by atoms with E-state index in [4.69, 9.17) is 57.6 Å². The van der Waals surface area contributed by atoms with Crippen molar-refractivity contribution in [3.8, 4) is 0 Å². The van der Waals surface area contributed by atoms with Gasteiger partial charge in [-0.25, -0.2) is 0 Å². The molecule has 1 N–H and O–H groups in total. The van der Waals surface area contributed by atoms with E-state index in [0.29, 0.717) is 164 Å². The molecule has 0 aliphatic heterocycles. The summed E-state index contributed by atoms with van der Waals surface area (Å²) in [6, 6.07) is 0. The Labute approximate surface area is 263 Å². The molecule has 0 bridgehead atoms. The Kier molecular flexibility index (Phi) is 37.8. The fraction of sp³-hybridized carbons (Fsp3) is 0.962. The molecule has 0 spiro atoms. The molecule has 0 fully saturated rings. The van der Waals surface area contributed by atoms with Gasteiger partial charge in [-0.1, -0.05) is 21.0 Å². The number of rotatable bonds is 37. The van der Waals surface area contributed by atoms with Crippen LogP contribution >= 0.6 is 15.9 Å². The monoisotopic (exact) mass is 690 g/mol. The molecular weight excluding hydrogens is 640 g/mol. The fourth-order valence-corrected chi connectivity index (χ4v) is 2.96. The molecule has 1 amide bonds. The molecule has 0 aromatic heterocycles. The van der Waals surface area contributed by atoms with Crippen LogP contribution in [-0.4, -0.2) is 170 Å². The summed E-state index contributed by atoms with van der Waals surface area (Å²) in [6.07, 6.45) is 0. The summed E-state index contributed by atoms with van der Waals surface area (Å²) in [5, 5.41) is 6.36. The lowest BCUT2D eigenvalue weighted by Crippen LogP contribution is -2.28. The average Bonchev–Trinajstić information content (AvgIpc) is 3.02. The zero-order valence-corrected chi connectivity index (χ0v) is 26.9. The first kappa shape index (κ1) is 41.8. The van der Waals surface area contributed by atoms with E-state index in [9.17, 15) is 4.79 Å². The van der Waals surface area contributed by atoms with Crippen LogP contribution in [0.1, 0.15) is 0 Å². The minimum atomic E-state index is -0.0594. The van der Waals surface area contributed by atoms with Gasteiger partial charge in [-0.3, -0.25) is 4.79 Å². The molecule has 0 unspecified atom stereocenters. The Morgan fingerprint density at radius 2 is 0.744 bits per heavy atom. The van der Waals surface area contributed by atoms with E-state index in [0.717, 1.165) is 0 Å². The summed E-state index contributed by atoms with van der Waals surface area (Å²) in [4.78, 5) is 13.6. The lowest BCUT2D eigenvalue weighted by molar-refractivity contribution is -0.118. The van der Waals surface area contributed by atoms with Crippen LogP contribution in [0.15, 0.2) is 5.11 Å². The number of amides is 1. The Morgan fingerprint density at radius 1 is 0.488 bits per heavy atom. The highest BCUT2D eigenvalue weighted by Gasteiger charge is 1.98. The lowest BCUT2D eigenvalue weighted by Gasteiger charge is -2.09. The van der Waals surface area contributed by atoms with Gasteiger partial charge in [-0.05, 0) is 5.53 Å². The molecule has 0 aromatic rings. The van der Waals surface area contributed by atoms with Gasteiger partial charge >= 0.3 is 0 Å². The van der Waals surface area contributed by atoms with E-state index in [1.54, 1.807) is 0 Å². The van der Waals surface area contributed by atoms with Gasteiger partial charge in [-0.2, -0.15) is 0 Å². The van der Waals surface area contributed by atoms with Crippen LogP contribution < -0.4 is 5.32 Å². The van der Waals surface area contributed by atoms with Crippen molar-refractivity contribution in [2.45, 2.75) is 0 Å². The summed E-state index contributed by atoms with van der Waals surface area (Å²) in [6.45, 7) is 11.4. The number of halogens is 1. The highest BCUT2D eigenvalue weighted by molar-refractivity contribution is 9.09. The second kappa shape index (κ2) is 38.8. The summed E-state index contributed by atoms with van der Waals surface area (Å²) < 4.78 is 59.4. The molecule has 17 heteroatoms. The van der Waals surface area contributed by atoms with Gasteiger partial charge in [0.1, 0.15) is 0 Å². The lowest BCUT2D eigenvalue weighted by atomic mass is 10.6. The average molecular weight is 692 g/mol. The summed E-state index contributed by atoms with van der Waals surface area (Å²) in [5.74, 6) is -0.0594. The predicted molar refractivity (Wildman–Crippen MR) is 160 cm³/mol. The van der Waals surface area contributed by atoms with E-state index in [-0.39, 0.29) is 5.91 Å². The summed E-state index contributed by atoms with van der Waals surface area (Å²) >= 11 is 3.07. The largest absolute Gasteiger partial charge is 0.379 e. The fourth-order valence-electron chi connectivity index (χ4n) is 2.76. The normalized spacial score (nSPS) is 11.1. The third kappa shape index (κ3) is 38.8. The molecule has 16 nitrogen and oxygen atoms in total. The van der Waals surface area contributed by atoms with Crippen LogP contribution in [0, 0.1) is 0 Å². The number of nitrogens with zero attached hydrogens (tertiary/aromatic N) is 3. The third-order valence-electron chi connectivity index (χ3n) is 4.81. The minimum absolute atomic E-state index is 0.0594. The molecule has 0 aromatic carbocycles. The van der Waals surface area contributed by atoms with E-state index in [2.05, 4.69) is 31.3 Å². The van der Waals surface area contributed by atoms with Crippen molar-refractivity contribution in [1.82, 2.24) is 5.32 Å². The molecule has 0 heterocycles. The zero-order valence-electron chi connectivity index (χ0n) is 25.3. The van der Waals surface area contributed by atoms with Crippen molar-refractivity contribution < 1.29 is 56.9 Å². The number of carbonyl (C=O) groups is 1. The SMILES string of the molecule is [N-]=[N+]=NCCOCCOCCOCCOCCOCCOCCOCCOCCOCCOCCOCCNC(=O)CBr. The van der Waals surface area contributed by atoms with Crippen molar-refractivity contribution in [1.29, 1.82) is 0 Å². The van der Waals surface area contributed by atoms with Gasteiger partial charge in [0.05, 0.1) is 151 Å². The first-order valence-corrected chi connectivity index (χ1v) is 15.6. The number of ether oxygens (including phenoxy) is 11. The second-order valence-corrected chi connectivity index (χ2v) is 8.73. The van der Waals surface area contributed by atoms with Crippen molar-refractivity contribution in [3.05, 3.63) is 10.4 Å². The number of carbonyl (C=O) groups excluding carboxylic acids is 1. The Morgan fingerprint density at radius 3 is 1.00 bits per heavy atom. The molecule has 0 aliphatic carbocycles. The Balaban J connectivity index is 3.05. The molecule has 0 saturated carbocycles. The zero-order chi connectivity index (χ0) is 31.2. The number of nitrogens with one attached hydrogen (secondary N) is 1. The molecule has 43 heavy (non-hydrogen) atoms. The van der Waals surface area contributed by atoms with Crippen molar-refractivity contribution >= 4 is 21.8 Å². The van der Waals surface area contributed by atoms with Gasteiger partial charge in [-0.15, -0.1) is 0 Å². The quantitative estimate of drug-likeness (QED) is 0.0322. The topological polar surface area (TPSA) is 179 Å². The van der Waals surface area contributed by atoms with E-state index in [1.165, 1.54) is 0 Å². The van der Waals surface area contributed by atoms with E-state index >= 15 is 0 Å². The van der Waals surface area contributed by atoms with Gasteiger partial charge in [0, 0.05) is 18.0 Å². The summed E-state index contributed by atoms with van der Waals surface area (Å²) in [5.41, 5.74) is 8.13. The molecule has 0 aliphatic rings. The van der Waals surface area contributed by atoms with Crippen molar-refractivity contribution in [2.75, 3.05) is 164 Å². The van der Waals surface area contributed by atoms with Crippen molar-refractivity contribution in [2.24, 2.45) is 5.11 Å². The van der Waals surface area contributed by atoms with Crippen molar-refractivity contribution in [3.63, 3.8) is 0 Å². The molecule has 254 valence electrons. The molecule has 0 radical (unpaired) electrons. The van der Waals surface area contributed by atoms with Crippen LogP contribution in [0.25, 0.3) is 10.4 Å². The second-order valence-electron chi connectivity index (χ2n) is 8.17. The number of hydrogen-bond acceptors (Lipinski definition) is 13. The van der Waals surface area contributed by atoms with Crippen LogP contribution in [0.5, 0.6) is 0 Å². The summed E-state index contributed by atoms with van der Waals surface area (Å²) in [7, 11) is 0.